The number of aliphatic hydroxyl groups is 3. The number of fused-ring (bicyclic) bond motifs is 1. The first-order chi connectivity index (χ1) is 12.4. The van der Waals surface area contributed by atoms with Gasteiger partial charge in [-0.2, -0.15) is 9.97 Å². The Kier molecular flexibility index (Phi) is 5.85. The maximum atomic E-state index is 10.8. The molecule has 3 heterocycles. The Balaban J connectivity index is 2.07. The fourth-order valence-corrected chi connectivity index (χ4v) is 3.72. The van der Waals surface area contributed by atoms with Crippen LogP contribution in [0.1, 0.15) is 25.7 Å². The van der Waals surface area contributed by atoms with Crippen LogP contribution in [0.5, 0.6) is 0 Å². The van der Waals surface area contributed by atoms with E-state index < -0.39 is 30.6 Å². The lowest BCUT2D eigenvalue weighted by molar-refractivity contribution is -0.151. The predicted molar refractivity (Wildman–Crippen MR) is 95.9 cm³/mol. The van der Waals surface area contributed by atoms with E-state index in [1.807, 2.05) is 0 Å². The molecule has 2 aromatic heterocycles. The molecular weight excluding hydrogens is 385 g/mol. The number of rotatable bonds is 7. The lowest BCUT2D eigenvalue weighted by atomic mass is 9.96. The summed E-state index contributed by atoms with van der Waals surface area (Å²) in [6.07, 6.45) is 0.558. The molecule has 11 heteroatoms. The van der Waals surface area contributed by atoms with E-state index in [0.29, 0.717) is 24.2 Å². The number of unbranched alkanes of at least 4 members (excludes halogenated alkanes) is 2. The van der Waals surface area contributed by atoms with Crippen molar-refractivity contribution >= 4 is 40.2 Å². The SMILES string of the molecule is Nc1nc(Cl)nc2c1ncn2[C@]1(CCCCCCl)O[C@H](CO)[C@@H](O)[C@H]1O. The first kappa shape index (κ1) is 19.5. The van der Waals surface area contributed by atoms with E-state index in [-0.39, 0.29) is 16.7 Å². The molecule has 1 aliphatic heterocycles. The van der Waals surface area contributed by atoms with E-state index in [4.69, 9.17) is 33.7 Å². The monoisotopic (exact) mass is 405 g/mol. The Morgan fingerprint density at radius 3 is 2.69 bits per heavy atom. The van der Waals surface area contributed by atoms with E-state index in [1.54, 1.807) is 0 Å². The molecule has 9 nitrogen and oxygen atoms in total. The lowest BCUT2D eigenvalue weighted by Crippen LogP contribution is -2.45. The van der Waals surface area contributed by atoms with Gasteiger partial charge in [0.15, 0.2) is 17.2 Å². The molecule has 3 rings (SSSR count). The number of nitrogens with two attached hydrogens (primary N) is 1. The number of aromatic nitrogens is 4. The first-order valence-corrected chi connectivity index (χ1v) is 9.23. The number of nitrogen functional groups attached to an aromatic ring is 1. The van der Waals surface area contributed by atoms with E-state index >= 15 is 0 Å². The minimum Gasteiger partial charge on any atom is -0.394 e. The number of anilines is 1. The van der Waals surface area contributed by atoms with Crippen LogP contribution in [0, 0.1) is 0 Å². The highest BCUT2D eigenvalue weighted by atomic mass is 35.5. The molecule has 1 aliphatic rings. The fourth-order valence-electron chi connectivity index (χ4n) is 3.36. The van der Waals surface area contributed by atoms with E-state index in [0.717, 1.165) is 12.8 Å². The fraction of sp³-hybridized carbons (Fsp3) is 0.667. The highest BCUT2D eigenvalue weighted by Crippen LogP contribution is 2.41. The average Bonchev–Trinajstić information content (AvgIpc) is 3.14. The van der Waals surface area contributed by atoms with Crippen LogP contribution in [0.4, 0.5) is 5.82 Å². The molecule has 26 heavy (non-hydrogen) atoms. The zero-order valence-corrected chi connectivity index (χ0v) is 15.4. The van der Waals surface area contributed by atoms with Gasteiger partial charge in [0.1, 0.15) is 23.8 Å². The van der Waals surface area contributed by atoms with Crippen molar-refractivity contribution in [1.82, 2.24) is 19.5 Å². The third-order valence-corrected chi connectivity index (χ3v) is 5.11. The third kappa shape index (κ3) is 3.23. The standard InChI is InChI=1S/C15H21Cl2N5O4/c16-5-3-1-2-4-15(11(25)10(24)8(6-23)26-15)22-7-19-9-12(18)20-14(17)21-13(9)22/h7-8,10-11,23-25H,1-6H2,(H2,18,20,21)/t8-,10-,11-,15-/m1/s1. The highest BCUT2D eigenvalue weighted by Gasteiger charge is 2.55. The van der Waals surface area contributed by atoms with Gasteiger partial charge in [0.2, 0.25) is 5.28 Å². The summed E-state index contributed by atoms with van der Waals surface area (Å²) in [5, 5.41) is 30.5. The third-order valence-electron chi connectivity index (χ3n) is 4.67. The van der Waals surface area contributed by atoms with Crippen molar-refractivity contribution in [2.75, 3.05) is 18.2 Å². The molecule has 1 saturated heterocycles. The summed E-state index contributed by atoms with van der Waals surface area (Å²) >= 11 is 11.6. The quantitative estimate of drug-likeness (QED) is 0.298. The van der Waals surface area contributed by atoms with Crippen molar-refractivity contribution in [3.63, 3.8) is 0 Å². The van der Waals surface area contributed by atoms with Gasteiger partial charge in [-0.15, -0.1) is 11.6 Å². The highest BCUT2D eigenvalue weighted by molar-refractivity contribution is 6.28. The van der Waals surface area contributed by atoms with Crippen molar-refractivity contribution in [1.29, 1.82) is 0 Å². The number of halogens is 2. The summed E-state index contributed by atoms with van der Waals surface area (Å²) in [6, 6.07) is 0. The lowest BCUT2D eigenvalue weighted by Gasteiger charge is -2.34. The largest absolute Gasteiger partial charge is 0.394 e. The summed E-state index contributed by atoms with van der Waals surface area (Å²) in [7, 11) is 0. The van der Waals surface area contributed by atoms with Crippen molar-refractivity contribution in [2.24, 2.45) is 0 Å². The molecule has 0 unspecified atom stereocenters. The van der Waals surface area contributed by atoms with Crippen LogP contribution in [0.15, 0.2) is 6.33 Å². The van der Waals surface area contributed by atoms with Crippen molar-refractivity contribution < 1.29 is 20.1 Å². The molecule has 0 spiro atoms. The molecule has 0 bridgehead atoms. The Bertz CT molecular complexity index is 776. The van der Waals surface area contributed by atoms with Crippen molar-refractivity contribution in [3.8, 4) is 0 Å². The summed E-state index contributed by atoms with van der Waals surface area (Å²) < 4.78 is 7.44. The van der Waals surface area contributed by atoms with Crippen LogP contribution in [-0.4, -0.2) is 65.6 Å². The smallest absolute Gasteiger partial charge is 0.226 e. The molecule has 0 radical (unpaired) electrons. The van der Waals surface area contributed by atoms with Gasteiger partial charge in [0.05, 0.1) is 12.9 Å². The number of imidazole rings is 1. The van der Waals surface area contributed by atoms with E-state index in [9.17, 15) is 15.3 Å². The van der Waals surface area contributed by atoms with Crippen molar-refractivity contribution in [2.45, 2.75) is 49.7 Å². The Hall–Kier alpha value is -1.23. The van der Waals surface area contributed by atoms with Crippen LogP contribution in [0.2, 0.25) is 5.28 Å². The van der Waals surface area contributed by atoms with Crippen LogP contribution in [0.3, 0.4) is 0 Å². The van der Waals surface area contributed by atoms with Crippen LogP contribution >= 0.6 is 23.2 Å². The maximum absolute atomic E-state index is 10.8. The second kappa shape index (κ2) is 7.79. The number of alkyl halides is 1. The molecule has 0 aliphatic carbocycles. The maximum Gasteiger partial charge on any atom is 0.226 e. The molecule has 1 fully saturated rings. The number of ether oxygens (including phenoxy) is 1. The van der Waals surface area contributed by atoms with Gasteiger partial charge >= 0.3 is 0 Å². The zero-order valence-electron chi connectivity index (χ0n) is 13.9. The predicted octanol–water partition coefficient (Wildman–Crippen LogP) is 0.627. The van der Waals surface area contributed by atoms with E-state index in [2.05, 4.69) is 15.0 Å². The summed E-state index contributed by atoms with van der Waals surface area (Å²) in [5.74, 6) is 0.633. The molecule has 0 saturated carbocycles. The van der Waals surface area contributed by atoms with Crippen LogP contribution in [0.25, 0.3) is 11.2 Å². The van der Waals surface area contributed by atoms with Gasteiger partial charge < -0.3 is 25.8 Å². The number of hydrogen-bond acceptors (Lipinski definition) is 8. The van der Waals surface area contributed by atoms with Gasteiger partial charge in [0, 0.05) is 5.88 Å². The Morgan fingerprint density at radius 2 is 2.04 bits per heavy atom. The van der Waals surface area contributed by atoms with Gasteiger partial charge in [-0.25, -0.2) is 4.98 Å². The molecular formula is C15H21Cl2N5O4. The van der Waals surface area contributed by atoms with E-state index in [1.165, 1.54) is 10.9 Å². The Morgan fingerprint density at radius 1 is 1.27 bits per heavy atom. The second-order valence-electron chi connectivity index (χ2n) is 6.28. The normalized spacial score (nSPS) is 28.9. The summed E-state index contributed by atoms with van der Waals surface area (Å²) in [4.78, 5) is 12.2. The van der Waals surface area contributed by atoms with Gasteiger partial charge in [-0.05, 0) is 30.9 Å². The van der Waals surface area contributed by atoms with Crippen molar-refractivity contribution in [3.05, 3.63) is 11.6 Å². The number of nitrogens with zero attached hydrogens (tertiary/aromatic N) is 4. The second-order valence-corrected chi connectivity index (χ2v) is 7.00. The van der Waals surface area contributed by atoms with Gasteiger partial charge in [0.25, 0.3) is 0 Å². The molecule has 0 amide bonds. The average molecular weight is 406 g/mol. The summed E-state index contributed by atoms with van der Waals surface area (Å²) in [5.41, 5.74) is 5.08. The minimum atomic E-state index is -1.36. The molecule has 2 aromatic rings. The zero-order chi connectivity index (χ0) is 18.9. The molecule has 144 valence electrons. The Labute approximate surface area is 159 Å². The van der Waals surface area contributed by atoms with Gasteiger partial charge in [-0.3, -0.25) is 4.57 Å². The minimum absolute atomic E-state index is 0.0687. The van der Waals surface area contributed by atoms with Crippen LogP contribution < -0.4 is 5.73 Å². The topological polar surface area (TPSA) is 140 Å². The first-order valence-electron chi connectivity index (χ1n) is 8.32. The van der Waals surface area contributed by atoms with Crippen LogP contribution in [-0.2, 0) is 10.5 Å². The number of hydrogen-bond donors (Lipinski definition) is 4. The summed E-state index contributed by atoms with van der Waals surface area (Å²) in [6.45, 7) is -0.438. The number of aliphatic hydroxyl groups excluding tert-OH is 3. The van der Waals surface area contributed by atoms with Gasteiger partial charge in [-0.1, -0.05) is 6.42 Å². The molecule has 4 atom stereocenters. The molecule has 5 N–H and O–H groups in total. The molecule has 0 aromatic carbocycles.